The van der Waals surface area contributed by atoms with Crippen LogP contribution in [0.1, 0.15) is 25.7 Å². The summed E-state index contributed by atoms with van der Waals surface area (Å²) in [6.07, 6.45) is 3.41. The lowest BCUT2D eigenvalue weighted by atomic mass is 9.91. The quantitative estimate of drug-likeness (QED) is 0.699. The second kappa shape index (κ2) is 8.10. The molecule has 0 saturated carbocycles. The molecule has 3 rings (SSSR count). The zero-order valence-electron chi connectivity index (χ0n) is 16.2. The average molecular weight is 367 g/mol. The number of piperidine rings is 1. The van der Waals surface area contributed by atoms with Gasteiger partial charge in [-0.05, 0) is 40.0 Å². The molecule has 0 aromatic heterocycles. The first-order valence-electron chi connectivity index (χ1n) is 9.77. The zero-order chi connectivity index (χ0) is 18.7. The molecule has 3 aliphatic rings. The molecular formula is C18H33N5O3. The van der Waals surface area contributed by atoms with Crippen LogP contribution in [0, 0.1) is 0 Å². The Morgan fingerprint density at radius 1 is 1.27 bits per heavy atom. The summed E-state index contributed by atoms with van der Waals surface area (Å²) in [7, 11) is 4.28. The fourth-order valence-corrected chi connectivity index (χ4v) is 4.34. The lowest BCUT2D eigenvalue weighted by molar-refractivity contribution is -0.133. The van der Waals surface area contributed by atoms with Crippen LogP contribution in [0.5, 0.6) is 0 Å². The molecule has 3 heterocycles. The van der Waals surface area contributed by atoms with Crippen LogP contribution in [0.25, 0.3) is 0 Å². The van der Waals surface area contributed by atoms with E-state index < -0.39 is 5.60 Å². The number of nitrogens with zero attached hydrogens (tertiary/aromatic N) is 4. The van der Waals surface area contributed by atoms with E-state index in [1.165, 1.54) is 6.42 Å². The van der Waals surface area contributed by atoms with Crippen molar-refractivity contribution in [1.82, 2.24) is 19.6 Å². The summed E-state index contributed by atoms with van der Waals surface area (Å²) < 4.78 is 5.73. The van der Waals surface area contributed by atoms with E-state index in [0.717, 1.165) is 32.6 Å². The van der Waals surface area contributed by atoms with E-state index in [0.29, 0.717) is 38.5 Å². The highest BCUT2D eigenvalue weighted by atomic mass is 16.6. The Hall–Kier alpha value is -1.38. The zero-order valence-corrected chi connectivity index (χ0v) is 16.2. The first kappa shape index (κ1) is 19.4. The molecule has 8 heteroatoms. The molecule has 2 amide bonds. The van der Waals surface area contributed by atoms with Crippen LogP contribution in [0.3, 0.4) is 0 Å². The number of carbonyl (C=O) groups excluding carboxylic acids is 2. The molecule has 0 aromatic rings. The third kappa shape index (κ3) is 4.29. The van der Waals surface area contributed by atoms with Gasteiger partial charge in [0.1, 0.15) is 5.60 Å². The van der Waals surface area contributed by atoms with Crippen LogP contribution in [0.2, 0.25) is 0 Å². The lowest BCUT2D eigenvalue weighted by Gasteiger charge is -2.37. The van der Waals surface area contributed by atoms with Crippen molar-refractivity contribution < 1.29 is 14.3 Å². The number of amides is 2. The minimum absolute atomic E-state index is 0.0253. The SMILES string of the molecule is CN(C)[C@H]1CCN(CCCN2CC3(CCN(C(=O)CN)CC3)OC2=O)C1. The van der Waals surface area contributed by atoms with Gasteiger partial charge in [0, 0.05) is 45.1 Å². The van der Waals surface area contributed by atoms with Crippen molar-refractivity contribution >= 4 is 12.0 Å². The summed E-state index contributed by atoms with van der Waals surface area (Å²) in [6, 6.07) is 0.649. The van der Waals surface area contributed by atoms with Crippen LogP contribution >= 0.6 is 0 Å². The van der Waals surface area contributed by atoms with Gasteiger partial charge in [-0.25, -0.2) is 4.79 Å². The molecule has 3 fully saturated rings. The van der Waals surface area contributed by atoms with Gasteiger partial charge in [0.25, 0.3) is 0 Å². The van der Waals surface area contributed by atoms with Gasteiger partial charge in [-0.1, -0.05) is 0 Å². The molecule has 0 aliphatic carbocycles. The molecule has 3 saturated heterocycles. The highest BCUT2D eigenvalue weighted by molar-refractivity contribution is 5.78. The topological polar surface area (TPSA) is 82.3 Å². The van der Waals surface area contributed by atoms with Crippen LogP contribution in [0.15, 0.2) is 0 Å². The van der Waals surface area contributed by atoms with Crippen molar-refractivity contribution in [2.45, 2.75) is 37.3 Å². The third-order valence-corrected chi connectivity index (χ3v) is 6.12. The summed E-state index contributed by atoms with van der Waals surface area (Å²) >= 11 is 0. The smallest absolute Gasteiger partial charge is 0.410 e. The van der Waals surface area contributed by atoms with E-state index in [1.807, 2.05) is 4.90 Å². The molecule has 148 valence electrons. The Bertz CT molecular complexity index is 519. The van der Waals surface area contributed by atoms with Crippen molar-refractivity contribution in [2.24, 2.45) is 5.73 Å². The maximum atomic E-state index is 12.3. The molecule has 26 heavy (non-hydrogen) atoms. The monoisotopic (exact) mass is 367 g/mol. The van der Waals surface area contributed by atoms with Gasteiger partial charge in [0.05, 0.1) is 13.1 Å². The number of likely N-dealkylation sites (tertiary alicyclic amines) is 2. The fourth-order valence-electron chi connectivity index (χ4n) is 4.34. The van der Waals surface area contributed by atoms with Crippen molar-refractivity contribution in [2.75, 3.05) is 66.5 Å². The Labute approximate surface area is 156 Å². The van der Waals surface area contributed by atoms with Gasteiger partial charge in [0.15, 0.2) is 0 Å². The van der Waals surface area contributed by atoms with Crippen molar-refractivity contribution in [1.29, 1.82) is 0 Å². The predicted octanol–water partition coefficient (Wildman–Crippen LogP) is -0.215. The van der Waals surface area contributed by atoms with Gasteiger partial charge >= 0.3 is 6.09 Å². The van der Waals surface area contributed by atoms with Crippen molar-refractivity contribution in [3.8, 4) is 0 Å². The average Bonchev–Trinajstić information content (AvgIpc) is 3.21. The van der Waals surface area contributed by atoms with Crippen LogP contribution < -0.4 is 5.73 Å². The summed E-state index contributed by atoms with van der Waals surface area (Å²) in [5.74, 6) is -0.0253. The number of rotatable bonds is 6. The molecule has 1 atom stereocenters. The molecule has 0 unspecified atom stereocenters. The van der Waals surface area contributed by atoms with E-state index in [4.69, 9.17) is 10.5 Å². The Morgan fingerprint density at radius 2 is 2.00 bits per heavy atom. The molecular weight excluding hydrogens is 334 g/mol. The maximum absolute atomic E-state index is 12.3. The lowest BCUT2D eigenvalue weighted by Crippen LogP contribution is -2.50. The number of carbonyl (C=O) groups is 2. The summed E-state index contributed by atoms with van der Waals surface area (Å²) in [4.78, 5) is 32.4. The van der Waals surface area contributed by atoms with Gasteiger partial charge in [0.2, 0.25) is 5.91 Å². The van der Waals surface area contributed by atoms with Gasteiger partial charge < -0.3 is 30.1 Å². The predicted molar refractivity (Wildman–Crippen MR) is 98.8 cm³/mol. The fraction of sp³-hybridized carbons (Fsp3) is 0.889. The molecule has 0 radical (unpaired) electrons. The highest BCUT2D eigenvalue weighted by Gasteiger charge is 2.47. The Morgan fingerprint density at radius 3 is 2.62 bits per heavy atom. The third-order valence-electron chi connectivity index (χ3n) is 6.12. The number of nitrogens with two attached hydrogens (primary N) is 1. The number of ether oxygens (including phenoxy) is 1. The van der Waals surface area contributed by atoms with Gasteiger partial charge in [-0.2, -0.15) is 0 Å². The molecule has 0 aromatic carbocycles. The van der Waals surface area contributed by atoms with Gasteiger partial charge in [-0.3, -0.25) is 4.79 Å². The second-order valence-corrected chi connectivity index (χ2v) is 8.12. The first-order valence-corrected chi connectivity index (χ1v) is 9.77. The van der Waals surface area contributed by atoms with E-state index >= 15 is 0 Å². The molecule has 3 aliphatic heterocycles. The first-order chi connectivity index (χ1) is 12.4. The normalized spacial score (nSPS) is 26.2. The molecule has 0 bridgehead atoms. The van der Waals surface area contributed by atoms with E-state index in [1.54, 1.807) is 4.90 Å². The summed E-state index contributed by atoms with van der Waals surface area (Å²) in [6.45, 7) is 5.97. The van der Waals surface area contributed by atoms with Crippen molar-refractivity contribution in [3.05, 3.63) is 0 Å². The largest absolute Gasteiger partial charge is 0.441 e. The summed E-state index contributed by atoms with van der Waals surface area (Å²) in [5, 5.41) is 0. The Kier molecular flexibility index (Phi) is 6.04. The van der Waals surface area contributed by atoms with E-state index in [-0.39, 0.29) is 18.5 Å². The molecule has 1 spiro atoms. The highest BCUT2D eigenvalue weighted by Crippen LogP contribution is 2.33. The minimum atomic E-state index is -0.411. The van der Waals surface area contributed by atoms with Crippen LogP contribution in [0.4, 0.5) is 4.79 Å². The minimum Gasteiger partial charge on any atom is -0.441 e. The number of likely N-dealkylation sites (N-methyl/N-ethyl adjacent to an activating group) is 1. The number of hydrogen-bond acceptors (Lipinski definition) is 6. The van der Waals surface area contributed by atoms with Crippen LogP contribution in [-0.2, 0) is 9.53 Å². The molecule has 2 N–H and O–H groups in total. The maximum Gasteiger partial charge on any atom is 0.410 e. The van der Waals surface area contributed by atoms with Gasteiger partial charge in [-0.15, -0.1) is 0 Å². The van der Waals surface area contributed by atoms with Crippen molar-refractivity contribution in [3.63, 3.8) is 0 Å². The summed E-state index contributed by atoms with van der Waals surface area (Å²) in [5.41, 5.74) is 5.02. The van der Waals surface area contributed by atoms with Crippen LogP contribution in [-0.4, -0.2) is 110 Å². The second-order valence-electron chi connectivity index (χ2n) is 8.12. The Balaban J connectivity index is 1.41. The standard InChI is InChI=1S/C18H33N5O3/c1-20(2)15-4-9-21(13-15)7-3-8-23-14-18(26-17(23)25)5-10-22(11-6-18)16(24)12-19/h15H,3-14,19H2,1-2H3/t15-/m0/s1. The number of hydrogen-bond donors (Lipinski definition) is 1. The van der Waals surface area contributed by atoms with E-state index in [9.17, 15) is 9.59 Å². The van der Waals surface area contributed by atoms with E-state index in [2.05, 4.69) is 23.9 Å². The molecule has 8 nitrogen and oxygen atoms in total.